The minimum absolute atomic E-state index is 1.15. The molecule has 0 aliphatic heterocycles. The maximum Gasteiger partial charge on any atom is 0.179 e. The molecule has 9 aromatic carbocycles. The molecule has 2 nitrogen and oxygen atoms in total. The third kappa shape index (κ3) is 5.24. The van der Waals surface area contributed by atoms with Gasteiger partial charge >= 0.3 is 0 Å². The number of aromatic nitrogens is 2. The van der Waals surface area contributed by atoms with E-state index in [4.69, 9.17) is 0 Å². The minimum atomic E-state index is -2.71. The Hall–Kier alpha value is -7.20. The first kappa shape index (κ1) is 33.2. The fourth-order valence-corrected chi connectivity index (χ4v) is 14.2. The number of hydrogen-bond donors (Lipinski definition) is 0. The minimum Gasteiger partial charge on any atom is -0.309 e. The molecule has 0 radical (unpaired) electrons. The van der Waals surface area contributed by atoms with Crippen LogP contribution in [0.5, 0.6) is 0 Å². The molecule has 0 atom stereocenters. The molecular formula is C54H38N2Si. The second kappa shape index (κ2) is 13.5. The normalized spacial score (nSPS) is 11.9. The predicted octanol–water partition coefficient (Wildman–Crippen LogP) is 10.9. The summed E-state index contributed by atoms with van der Waals surface area (Å²) in [4.78, 5) is 0. The second-order valence-corrected chi connectivity index (χ2v) is 18.7. The van der Waals surface area contributed by atoms with Crippen molar-refractivity contribution >= 4 is 72.4 Å². The van der Waals surface area contributed by atoms with Crippen LogP contribution in [0.1, 0.15) is 0 Å². The van der Waals surface area contributed by atoms with Gasteiger partial charge in [0, 0.05) is 32.9 Å². The second-order valence-electron chi connectivity index (χ2n) is 14.9. The summed E-state index contributed by atoms with van der Waals surface area (Å²) in [5.41, 5.74) is 9.53. The first-order chi connectivity index (χ1) is 28.3. The van der Waals surface area contributed by atoms with Crippen molar-refractivity contribution in [2.75, 3.05) is 0 Å². The SMILES string of the molecule is c1ccc(-c2cccc(-n3c4ccccc4c4cc(-n5c6ccccc6c6cc([Si](c7ccccc7)(c7ccccc7)c7ccccc7)ccc65)ccc43)c2)cc1. The largest absolute Gasteiger partial charge is 0.309 e. The number of nitrogens with zero attached hydrogens (tertiary/aromatic N) is 2. The zero-order chi connectivity index (χ0) is 37.8. The molecule has 268 valence electrons. The van der Waals surface area contributed by atoms with Gasteiger partial charge in [0.05, 0.1) is 22.1 Å². The molecule has 3 heteroatoms. The molecule has 0 saturated carbocycles. The van der Waals surface area contributed by atoms with Crippen LogP contribution in [0, 0.1) is 0 Å². The van der Waals surface area contributed by atoms with Crippen LogP contribution in [0.4, 0.5) is 0 Å². The highest BCUT2D eigenvalue weighted by Crippen LogP contribution is 2.37. The van der Waals surface area contributed by atoms with Crippen LogP contribution >= 0.6 is 0 Å². The summed E-state index contributed by atoms with van der Waals surface area (Å²) in [6.45, 7) is 0. The summed E-state index contributed by atoms with van der Waals surface area (Å²) in [5.74, 6) is 0. The third-order valence-electron chi connectivity index (χ3n) is 11.9. The molecule has 0 amide bonds. The lowest BCUT2D eigenvalue weighted by atomic mass is 10.1. The van der Waals surface area contributed by atoms with Gasteiger partial charge in [-0.3, -0.25) is 0 Å². The summed E-state index contributed by atoms with van der Waals surface area (Å²) in [6.07, 6.45) is 0. The quantitative estimate of drug-likeness (QED) is 0.114. The van der Waals surface area contributed by atoms with E-state index in [1.165, 1.54) is 75.5 Å². The lowest BCUT2D eigenvalue weighted by molar-refractivity contribution is 1.17. The van der Waals surface area contributed by atoms with Crippen molar-refractivity contribution in [2.24, 2.45) is 0 Å². The van der Waals surface area contributed by atoms with Crippen molar-refractivity contribution in [1.82, 2.24) is 9.13 Å². The van der Waals surface area contributed by atoms with Gasteiger partial charge in [-0.05, 0) is 80.4 Å². The van der Waals surface area contributed by atoms with Gasteiger partial charge in [0.1, 0.15) is 0 Å². The Morgan fingerprint density at radius 3 is 1.23 bits per heavy atom. The monoisotopic (exact) mass is 742 g/mol. The lowest BCUT2D eigenvalue weighted by Gasteiger charge is -2.34. The van der Waals surface area contributed by atoms with E-state index < -0.39 is 8.07 Å². The first-order valence-electron chi connectivity index (χ1n) is 19.7. The highest BCUT2D eigenvalue weighted by atomic mass is 28.3. The molecule has 2 heterocycles. The summed E-state index contributed by atoms with van der Waals surface area (Å²) >= 11 is 0. The zero-order valence-electron chi connectivity index (χ0n) is 31.3. The Morgan fingerprint density at radius 2 is 0.667 bits per heavy atom. The van der Waals surface area contributed by atoms with Crippen molar-refractivity contribution < 1.29 is 0 Å². The molecule has 0 unspecified atom stereocenters. The van der Waals surface area contributed by atoms with Gasteiger partial charge in [-0.25, -0.2) is 0 Å². The van der Waals surface area contributed by atoms with Gasteiger partial charge in [0.25, 0.3) is 0 Å². The summed E-state index contributed by atoms with van der Waals surface area (Å²) in [5, 5.41) is 10.5. The van der Waals surface area contributed by atoms with Crippen molar-refractivity contribution in [1.29, 1.82) is 0 Å². The Balaban J connectivity index is 1.14. The summed E-state index contributed by atoms with van der Waals surface area (Å²) in [6, 6.07) is 85.2. The van der Waals surface area contributed by atoms with Gasteiger partial charge < -0.3 is 9.13 Å². The number of fused-ring (bicyclic) bond motifs is 6. The van der Waals surface area contributed by atoms with Crippen LogP contribution in [0.15, 0.2) is 231 Å². The maximum absolute atomic E-state index is 2.71. The summed E-state index contributed by atoms with van der Waals surface area (Å²) in [7, 11) is -2.71. The van der Waals surface area contributed by atoms with Gasteiger partial charge in [0.15, 0.2) is 8.07 Å². The predicted molar refractivity (Wildman–Crippen MR) is 244 cm³/mol. The third-order valence-corrected chi connectivity index (χ3v) is 16.6. The van der Waals surface area contributed by atoms with Crippen LogP contribution in [-0.4, -0.2) is 17.2 Å². The van der Waals surface area contributed by atoms with Crippen LogP contribution in [-0.2, 0) is 0 Å². The van der Waals surface area contributed by atoms with Gasteiger partial charge in [-0.2, -0.15) is 0 Å². The molecule has 0 fully saturated rings. The van der Waals surface area contributed by atoms with Crippen molar-refractivity contribution in [3.8, 4) is 22.5 Å². The molecule has 11 rings (SSSR count). The standard InChI is InChI=1S/C54H38N2Si/c1-5-18-39(19-6-1)40-20-17-21-41(36-40)55-51-30-15-13-28-47(51)49-37-42(32-34-53(49)55)56-52-31-16-14-29-48(52)50-38-46(33-35-54(50)56)57(43-22-7-2-8-23-43,44-24-9-3-10-25-44)45-26-11-4-12-27-45/h1-38H. The van der Waals surface area contributed by atoms with Gasteiger partial charge in [-0.1, -0.05) is 182 Å². The van der Waals surface area contributed by atoms with Crippen molar-refractivity contribution in [3.05, 3.63) is 231 Å². The maximum atomic E-state index is 2.51. The molecule has 57 heavy (non-hydrogen) atoms. The van der Waals surface area contributed by atoms with Gasteiger partial charge in [-0.15, -0.1) is 0 Å². The van der Waals surface area contributed by atoms with E-state index in [-0.39, 0.29) is 0 Å². The smallest absolute Gasteiger partial charge is 0.179 e. The van der Waals surface area contributed by atoms with Crippen molar-refractivity contribution in [3.63, 3.8) is 0 Å². The zero-order valence-corrected chi connectivity index (χ0v) is 32.3. The molecule has 0 spiro atoms. The van der Waals surface area contributed by atoms with E-state index in [2.05, 4.69) is 240 Å². The number of benzene rings is 9. The molecule has 0 aliphatic carbocycles. The highest BCUT2D eigenvalue weighted by Gasteiger charge is 2.41. The van der Waals surface area contributed by atoms with Crippen LogP contribution in [0.3, 0.4) is 0 Å². The average molecular weight is 743 g/mol. The van der Waals surface area contributed by atoms with E-state index in [0.717, 1.165) is 11.4 Å². The van der Waals surface area contributed by atoms with Crippen LogP contribution in [0.2, 0.25) is 0 Å². The molecular weight excluding hydrogens is 705 g/mol. The number of hydrogen-bond acceptors (Lipinski definition) is 0. The van der Waals surface area contributed by atoms with E-state index in [0.29, 0.717) is 0 Å². The molecule has 0 N–H and O–H groups in total. The lowest BCUT2D eigenvalue weighted by Crippen LogP contribution is -2.74. The Kier molecular flexibility index (Phi) is 7.87. The number of para-hydroxylation sites is 2. The number of rotatable bonds is 7. The average Bonchev–Trinajstić information content (AvgIpc) is 3.80. The van der Waals surface area contributed by atoms with E-state index in [1.54, 1.807) is 0 Å². The van der Waals surface area contributed by atoms with E-state index in [9.17, 15) is 0 Å². The molecule has 2 aromatic heterocycles. The molecule has 0 saturated heterocycles. The van der Waals surface area contributed by atoms with E-state index >= 15 is 0 Å². The van der Waals surface area contributed by atoms with E-state index in [1.807, 2.05) is 0 Å². The highest BCUT2D eigenvalue weighted by molar-refractivity contribution is 7.20. The van der Waals surface area contributed by atoms with Gasteiger partial charge in [0.2, 0.25) is 0 Å². The Morgan fingerprint density at radius 1 is 0.246 bits per heavy atom. The van der Waals surface area contributed by atoms with Crippen LogP contribution < -0.4 is 20.7 Å². The Labute approximate surface area is 333 Å². The van der Waals surface area contributed by atoms with Crippen molar-refractivity contribution in [2.45, 2.75) is 0 Å². The Bertz CT molecular complexity index is 3120. The molecule has 0 aliphatic rings. The molecule has 0 bridgehead atoms. The fourth-order valence-electron chi connectivity index (χ4n) is 9.38. The first-order valence-corrected chi connectivity index (χ1v) is 21.7. The topological polar surface area (TPSA) is 9.86 Å². The molecule has 11 aromatic rings. The fraction of sp³-hybridized carbons (Fsp3) is 0. The van der Waals surface area contributed by atoms with Crippen LogP contribution in [0.25, 0.3) is 66.1 Å². The summed E-state index contributed by atoms with van der Waals surface area (Å²) < 4.78 is 4.88.